The van der Waals surface area contributed by atoms with Gasteiger partial charge in [-0.1, -0.05) is 44.2 Å². The summed E-state index contributed by atoms with van der Waals surface area (Å²) in [5, 5.41) is 1.49. The maximum Gasteiger partial charge on any atom is 0.262 e. The quantitative estimate of drug-likeness (QED) is 0.485. The van der Waals surface area contributed by atoms with E-state index in [9.17, 15) is 22.8 Å². The van der Waals surface area contributed by atoms with Crippen LogP contribution in [0.15, 0.2) is 78.0 Å². The van der Waals surface area contributed by atoms with Gasteiger partial charge in [0.05, 0.1) is 16.0 Å². The van der Waals surface area contributed by atoms with Gasteiger partial charge >= 0.3 is 0 Å². The zero-order chi connectivity index (χ0) is 25.2. The van der Waals surface area contributed by atoms with Gasteiger partial charge in [0.15, 0.2) is 9.84 Å². The molecule has 1 atom stereocenters. The molecule has 8 nitrogen and oxygen atoms in total. The molecule has 0 radical (unpaired) electrons. The number of amides is 3. The second kappa shape index (κ2) is 9.79. The highest BCUT2D eigenvalue weighted by molar-refractivity contribution is 7.91. The van der Waals surface area contributed by atoms with E-state index in [-0.39, 0.29) is 28.5 Å². The number of benzene rings is 2. The Morgan fingerprint density at radius 1 is 0.914 bits per heavy atom. The Labute approximate surface area is 203 Å². The summed E-state index contributed by atoms with van der Waals surface area (Å²) in [5.74, 6) is -1.49. The van der Waals surface area contributed by atoms with Crippen LogP contribution in [-0.4, -0.2) is 49.1 Å². The molecule has 3 amide bonds. The molecule has 1 aliphatic heterocycles. The third-order valence-electron chi connectivity index (χ3n) is 5.97. The molecule has 180 valence electrons. The minimum atomic E-state index is -3.89. The summed E-state index contributed by atoms with van der Waals surface area (Å²) in [6.45, 7) is 3.29. The summed E-state index contributed by atoms with van der Waals surface area (Å²) in [4.78, 5) is 42.8. The highest BCUT2D eigenvalue weighted by atomic mass is 32.2. The molecule has 9 heteroatoms. The first-order chi connectivity index (χ1) is 16.7. The molecule has 0 bridgehead atoms. The van der Waals surface area contributed by atoms with Crippen LogP contribution in [0.4, 0.5) is 0 Å². The molecule has 1 aromatic heterocycles. The first kappa shape index (κ1) is 24.3. The summed E-state index contributed by atoms with van der Waals surface area (Å²) in [5.41, 5.74) is 1.91. The predicted molar refractivity (Wildman–Crippen MR) is 130 cm³/mol. The summed E-state index contributed by atoms with van der Waals surface area (Å²) in [7, 11) is -3.89. The normalized spacial score (nSPS) is 14.2. The lowest BCUT2D eigenvalue weighted by atomic mass is 10.0. The lowest BCUT2D eigenvalue weighted by Gasteiger charge is -2.20. The number of hydrogen-bond donors (Lipinski definition) is 1. The number of fused-ring (bicyclic) bond motifs is 1. The van der Waals surface area contributed by atoms with Gasteiger partial charge < -0.3 is 5.32 Å². The summed E-state index contributed by atoms with van der Waals surface area (Å²) < 4.78 is 27.1. The van der Waals surface area contributed by atoms with Gasteiger partial charge in [-0.25, -0.2) is 8.42 Å². The number of aromatic nitrogens is 1. The van der Waals surface area contributed by atoms with Crippen LogP contribution >= 0.6 is 0 Å². The van der Waals surface area contributed by atoms with E-state index in [1.54, 1.807) is 48.5 Å². The summed E-state index contributed by atoms with van der Waals surface area (Å²) in [6, 6.07) is 16.3. The Bertz CT molecular complexity index is 1330. The molecule has 2 aromatic carbocycles. The number of rotatable bonds is 8. The smallest absolute Gasteiger partial charge is 0.262 e. The van der Waals surface area contributed by atoms with E-state index in [1.165, 1.54) is 24.5 Å². The van der Waals surface area contributed by atoms with Crippen molar-refractivity contribution in [1.29, 1.82) is 0 Å². The summed E-state index contributed by atoms with van der Waals surface area (Å²) >= 11 is 0. The highest BCUT2D eigenvalue weighted by Crippen LogP contribution is 2.29. The topological polar surface area (TPSA) is 114 Å². The molecule has 0 saturated heterocycles. The van der Waals surface area contributed by atoms with E-state index >= 15 is 0 Å². The molecule has 0 aliphatic carbocycles. The van der Waals surface area contributed by atoms with Crippen LogP contribution in [-0.2, 0) is 14.6 Å². The summed E-state index contributed by atoms with van der Waals surface area (Å²) in [6.07, 6.45) is 2.98. The predicted octanol–water partition coefficient (Wildman–Crippen LogP) is 3.13. The van der Waals surface area contributed by atoms with Crippen molar-refractivity contribution in [2.45, 2.75) is 29.9 Å². The Morgan fingerprint density at radius 2 is 1.54 bits per heavy atom. The van der Waals surface area contributed by atoms with Gasteiger partial charge in [-0.3, -0.25) is 24.3 Å². The number of pyridine rings is 1. The van der Waals surface area contributed by atoms with Crippen molar-refractivity contribution in [3.63, 3.8) is 0 Å². The average Bonchev–Trinajstić information content (AvgIpc) is 3.09. The molecular weight excluding hydrogens is 466 g/mol. The van der Waals surface area contributed by atoms with E-state index in [0.29, 0.717) is 5.56 Å². The second-order valence-corrected chi connectivity index (χ2v) is 10.7. The lowest BCUT2D eigenvalue weighted by molar-refractivity contribution is -0.121. The van der Waals surface area contributed by atoms with Gasteiger partial charge in [0.25, 0.3) is 11.8 Å². The monoisotopic (exact) mass is 491 g/mol. The molecule has 1 unspecified atom stereocenters. The molecule has 1 N–H and O–H groups in total. The molecule has 1 aliphatic rings. The number of sulfone groups is 1. The van der Waals surface area contributed by atoms with Crippen molar-refractivity contribution in [2.75, 3.05) is 13.1 Å². The number of carbonyl (C=O) groups excluding carboxylic acids is 3. The largest absolute Gasteiger partial charge is 0.353 e. The van der Waals surface area contributed by atoms with Gasteiger partial charge in [-0.05, 0) is 47.4 Å². The van der Waals surface area contributed by atoms with Crippen LogP contribution in [0.25, 0.3) is 0 Å². The molecule has 0 spiro atoms. The first-order valence-electron chi connectivity index (χ1n) is 11.2. The average molecular weight is 492 g/mol. The van der Waals surface area contributed by atoms with Gasteiger partial charge in [0, 0.05) is 18.9 Å². The number of imide groups is 1. The second-order valence-electron chi connectivity index (χ2n) is 8.59. The van der Waals surface area contributed by atoms with Crippen molar-refractivity contribution >= 4 is 27.6 Å². The molecule has 4 rings (SSSR count). The van der Waals surface area contributed by atoms with Gasteiger partial charge in [-0.2, -0.15) is 0 Å². The van der Waals surface area contributed by atoms with Crippen LogP contribution in [0.1, 0.15) is 56.9 Å². The van der Waals surface area contributed by atoms with E-state index in [0.717, 1.165) is 10.5 Å². The maximum absolute atomic E-state index is 13.5. The van der Waals surface area contributed by atoms with Crippen molar-refractivity contribution in [3.8, 4) is 0 Å². The number of hydrogen-bond acceptors (Lipinski definition) is 6. The SMILES string of the molecule is CC(C)c1ccc(S(=O)(=O)C(CNC(=O)CN2C(=O)c3ccccc3C2=O)c2cccnc2)cc1. The number of nitrogens with zero attached hydrogens (tertiary/aromatic N) is 2. The first-order valence-corrected chi connectivity index (χ1v) is 12.7. The number of nitrogens with one attached hydrogen (secondary N) is 1. The third kappa shape index (κ3) is 4.85. The van der Waals surface area contributed by atoms with E-state index in [1.807, 2.05) is 13.8 Å². The molecule has 3 aromatic rings. The standard InChI is InChI=1S/C26H25N3O5S/c1-17(2)18-9-11-20(12-10-18)35(33,34)23(19-6-5-13-27-14-19)15-28-24(30)16-29-25(31)21-7-3-4-8-22(21)26(29)32/h3-14,17,23H,15-16H2,1-2H3,(H,28,30). The lowest BCUT2D eigenvalue weighted by Crippen LogP contribution is -2.42. The molecular formula is C26H25N3O5S. The van der Waals surface area contributed by atoms with Crippen LogP contribution in [0.2, 0.25) is 0 Å². The van der Waals surface area contributed by atoms with E-state index in [4.69, 9.17) is 0 Å². The Balaban J connectivity index is 1.52. The fraction of sp³-hybridized carbons (Fsp3) is 0.231. The van der Waals surface area contributed by atoms with Gasteiger partial charge in [0.1, 0.15) is 11.8 Å². The maximum atomic E-state index is 13.5. The van der Waals surface area contributed by atoms with Crippen LogP contribution < -0.4 is 5.32 Å². The molecule has 2 heterocycles. The van der Waals surface area contributed by atoms with E-state index in [2.05, 4.69) is 10.3 Å². The van der Waals surface area contributed by atoms with Crippen molar-refractivity contribution in [1.82, 2.24) is 15.2 Å². The third-order valence-corrected chi connectivity index (χ3v) is 8.09. The Morgan fingerprint density at radius 3 is 2.09 bits per heavy atom. The van der Waals surface area contributed by atoms with Gasteiger partial charge in [-0.15, -0.1) is 0 Å². The Kier molecular flexibility index (Phi) is 6.79. The van der Waals surface area contributed by atoms with Gasteiger partial charge in [0.2, 0.25) is 5.91 Å². The molecule has 0 saturated carbocycles. The van der Waals surface area contributed by atoms with E-state index < -0.39 is 39.4 Å². The fourth-order valence-corrected chi connectivity index (χ4v) is 5.61. The fourth-order valence-electron chi connectivity index (χ4n) is 3.97. The zero-order valence-corrected chi connectivity index (χ0v) is 20.2. The Hall–Kier alpha value is -3.85. The minimum absolute atomic E-state index is 0.130. The number of carbonyl (C=O) groups is 3. The van der Waals surface area contributed by atoms with Crippen molar-refractivity contribution in [2.24, 2.45) is 0 Å². The zero-order valence-electron chi connectivity index (χ0n) is 19.3. The highest BCUT2D eigenvalue weighted by Gasteiger charge is 2.37. The van der Waals surface area contributed by atoms with Crippen LogP contribution in [0, 0.1) is 0 Å². The van der Waals surface area contributed by atoms with Crippen LogP contribution in [0.3, 0.4) is 0 Å². The van der Waals surface area contributed by atoms with Crippen molar-refractivity contribution in [3.05, 3.63) is 95.3 Å². The molecule has 0 fully saturated rings. The van der Waals surface area contributed by atoms with Crippen molar-refractivity contribution < 1.29 is 22.8 Å². The van der Waals surface area contributed by atoms with Crippen LogP contribution in [0.5, 0.6) is 0 Å². The molecule has 35 heavy (non-hydrogen) atoms. The minimum Gasteiger partial charge on any atom is -0.353 e.